The van der Waals surface area contributed by atoms with Crippen LogP contribution in [-0.4, -0.2) is 33.8 Å². The smallest absolute Gasteiger partial charge is 0.264 e. The number of nitrogens with zero attached hydrogens (tertiary/aromatic N) is 1. The zero-order valence-electron chi connectivity index (χ0n) is 17.4. The third-order valence-electron chi connectivity index (χ3n) is 4.62. The molecule has 1 N–H and O–H groups in total. The van der Waals surface area contributed by atoms with Crippen molar-refractivity contribution in [2.24, 2.45) is 0 Å². The van der Waals surface area contributed by atoms with Crippen LogP contribution in [0.5, 0.6) is 5.75 Å². The number of carbonyl (C=O) groups excluding carboxylic acids is 2. The quantitative estimate of drug-likeness (QED) is 0.520. The predicted octanol–water partition coefficient (Wildman–Crippen LogP) is 3.87. The molecule has 0 spiro atoms. The Morgan fingerprint density at radius 3 is 2.06 bits per heavy atom. The molecule has 0 heterocycles. The summed E-state index contributed by atoms with van der Waals surface area (Å²) >= 11 is 0. The third kappa shape index (κ3) is 5.30. The summed E-state index contributed by atoms with van der Waals surface area (Å²) in [6.45, 7) is 0.855. The fourth-order valence-electron chi connectivity index (χ4n) is 2.92. The Bertz CT molecular complexity index is 1210. The van der Waals surface area contributed by atoms with Gasteiger partial charge >= 0.3 is 0 Å². The lowest BCUT2D eigenvalue weighted by Crippen LogP contribution is -2.38. The zero-order valence-corrected chi connectivity index (χ0v) is 18.2. The van der Waals surface area contributed by atoms with Gasteiger partial charge in [-0.2, -0.15) is 0 Å². The molecule has 0 aliphatic rings. The number of nitrogens with one attached hydrogen (secondary N) is 1. The van der Waals surface area contributed by atoms with E-state index in [2.05, 4.69) is 5.32 Å². The Kier molecular flexibility index (Phi) is 6.89. The number of halogens is 1. The molecule has 0 aliphatic carbocycles. The van der Waals surface area contributed by atoms with Crippen LogP contribution >= 0.6 is 0 Å². The van der Waals surface area contributed by atoms with Crippen LogP contribution in [0.1, 0.15) is 17.3 Å². The van der Waals surface area contributed by atoms with Crippen LogP contribution < -0.4 is 14.4 Å². The van der Waals surface area contributed by atoms with Crippen molar-refractivity contribution in [3.8, 4) is 5.75 Å². The first-order chi connectivity index (χ1) is 15.2. The third-order valence-corrected chi connectivity index (χ3v) is 6.41. The summed E-state index contributed by atoms with van der Waals surface area (Å²) in [6.07, 6.45) is 0. The molecule has 9 heteroatoms. The molecule has 3 aromatic carbocycles. The standard InChI is InChI=1S/C23H21FN2O5S/c1-16(27)17-3-13-22(14-4-17)32(29,30)26(20-9-11-21(31-2)12-10-20)15-23(28)25-19-7-5-18(24)6-8-19/h3-14H,15H2,1-2H3,(H,25,28). The van der Waals surface area contributed by atoms with Gasteiger partial charge in [0.1, 0.15) is 18.1 Å². The number of sulfonamides is 1. The van der Waals surface area contributed by atoms with Crippen molar-refractivity contribution in [2.75, 3.05) is 23.3 Å². The molecule has 0 saturated heterocycles. The highest BCUT2D eigenvalue weighted by Crippen LogP contribution is 2.26. The monoisotopic (exact) mass is 456 g/mol. The molecular formula is C23H21FN2O5S. The lowest BCUT2D eigenvalue weighted by atomic mass is 10.2. The van der Waals surface area contributed by atoms with Crippen molar-refractivity contribution >= 4 is 33.1 Å². The average Bonchev–Trinajstić information content (AvgIpc) is 2.79. The summed E-state index contributed by atoms with van der Waals surface area (Å²) in [5, 5.41) is 2.56. The van der Waals surface area contributed by atoms with Crippen molar-refractivity contribution in [3.05, 3.63) is 84.2 Å². The number of anilines is 2. The first kappa shape index (κ1) is 23.0. The van der Waals surface area contributed by atoms with E-state index in [0.717, 1.165) is 4.31 Å². The largest absolute Gasteiger partial charge is 0.497 e. The second-order valence-electron chi connectivity index (χ2n) is 6.85. The fraction of sp³-hybridized carbons (Fsp3) is 0.130. The van der Waals surface area contributed by atoms with Gasteiger partial charge in [0.05, 0.1) is 17.7 Å². The highest BCUT2D eigenvalue weighted by molar-refractivity contribution is 7.92. The van der Waals surface area contributed by atoms with E-state index in [9.17, 15) is 22.4 Å². The van der Waals surface area contributed by atoms with Crippen LogP contribution in [0.15, 0.2) is 77.7 Å². The fourth-order valence-corrected chi connectivity index (χ4v) is 4.34. The van der Waals surface area contributed by atoms with E-state index in [-0.39, 0.29) is 16.4 Å². The van der Waals surface area contributed by atoms with Gasteiger partial charge in [0.2, 0.25) is 5.91 Å². The number of hydrogen-bond donors (Lipinski definition) is 1. The maximum atomic E-state index is 13.4. The van der Waals surface area contributed by atoms with E-state index in [4.69, 9.17) is 4.74 Å². The second kappa shape index (κ2) is 9.61. The van der Waals surface area contributed by atoms with Gasteiger partial charge in [0, 0.05) is 11.3 Å². The molecule has 3 rings (SSSR count). The molecule has 3 aromatic rings. The number of amides is 1. The van der Waals surface area contributed by atoms with E-state index in [1.807, 2.05) is 0 Å². The second-order valence-corrected chi connectivity index (χ2v) is 8.71. The molecule has 0 aromatic heterocycles. The van der Waals surface area contributed by atoms with E-state index in [1.54, 1.807) is 12.1 Å². The Hall–Kier alpha value is -3.72. The normalized spacial score (nSPS) is 11.0. The summed E-state index contributed by atoms with van der Waals surface area (Å²) in [5.74, 6) is -0.747. The molecule has 7 nitrogen and oxygen atoms in total. The SMILES string of the molecule is COc1ccc(N(CC(=O)Nc2ccc(F)cc2)S(=O)(=O)c2ccc(C(C)=O)cc2)cc1. The van der Waals surface area contributed by atoms with Gasteiger partial charge in [-0.15, -0.1) is 0 Å². The first-order valence-electron chi connectivity index (χ1n) is 9.54. The van der Waals surface area contributed by atoms with Gasteiger partial charge in [-0.05, 0) is 67.6 Å². The Morgan fingerprint density at radius 2 is 1.53 bits per heavy atom. The Labute approximate surface area is 185 Å². The molecular weight excluding hydrogens is 435 g/mol. The Morgan fingerprint density at radius 1 is 0.938 bits per heavy atom. The number of ether oxygens (including phenoxy) is 1. The minimum atomic E-state index is -4.15. The van der Waals surface area contributed by atoms with Gasteiger partial charge in [-0.1, -0.05) is 12.1 Å². The lowest BCUT2D eigenvalue weighted by molar-refractivity contribution is -0.114. The van der Waals surface area contributed by atoms with Crippen LogP contribution in [0.3, 0.4) is 0 Å². The molecule has 166 valence electrons. The number of methoxy groups -OCH3 is 1. The number of rotatable bonds is 8. The number of carbonyl (C=O) groups is 2. The number of benzene rings is 3. The molecule has 0 fully saturated rings. The molecule has 0 saturated carbocycles. The van der Waals surface area contributed by atoms with Gasteiger partial charge in [0.25, 0.3) is 10.0 Å². The maximum Gasteiger partial charge on any atom is 0.264 e. The van der Waals surface area contributed by atoms with Crippen molar-refractivity contribution < 1.29 is 27.1 Å². The van der Waals surface area contributed by atoms with E-state index >= 15 is 0 Å². The summed E-state index contributed by atoms with van der Waals surface area (Å²) in [6, 6.07) is 16.8. The van der Waals surface area contributed by atoms with Gasteiger partial charge in [-0.3, -0.25) is 13.9 Å². The van der Waals surface area contributed by atoms with Gasteiger partial charge in [-0.25, -0.2) is 12.8 Å². The maximum absolute atomic E-state index is 13.4. The van der Waals surface area contributed by atoms with E-state index in [0.29, 0.717) is 17.0 Å². The predicted molar refractivity (Wildman–Crippen MR) is 119 cm³/mol. The lowest BCUT2D eigenvalue weighted by Gasteiger charge is -2.24. The van der Waals surface area contributed by atoms with Gasteiger partial charge in [0.15, 0.2) is 5.78 Å². The molecule has 32 heavy (non-hydrogen) atoms. The van der Waals surface area contributed by atoms with Crippen LogP contribution in [0.2, 0.25) is 0 Å². The minimum Gasteiger partial charge on any atom is -0.497 e. The van der Waals surface area contributed by atoms with Crippen LogP contribution in [-0.2, 0) is 14.8 Å². The van der Waals surface area contributed by atoms with Crippen molar-refractivity contribution in [1.82, 2.24) is 0 Å². The first-order valence-corrected chi connectivity index (χ1v) is 11.0. The molecule has 0 radical (unpaired) electrons. The minimum absolute atomic E-state index is 0.0760. The van der Waals surface area contributed by atoms with Gasteiger partial charge < -0.3 is 10.1 Å². The van der Waals surface area contributed by atoms with Crippen molar-refractivity contribution in [3.63, 3.8) is 0 Å². The van der Waals surface area contributed by atoms with Crippen molar-refractivity contribution in [2.45, 2.75) is 11.8 Å². The molecule has 0 atom stereocenters. The number of Topliss-reactive ketones (excluding diaryl/α,β-unsaturated/α-hetero) is 1. The summed E-state index contributed by atoms with van der Waals surface area (Å²) < 4.78 is 45.9. The number of hydrogen-bond acceptors (Lipinski definition) is 5. The summed E-state index contributed by atoms with van der Waals surface area (Å²) in [7, 11) is -2.67. The molecule has 0 bridgehead atoms. The average molecular weight is 456 g/mol. The topological polar surface area (TPSA) is 92.8 Å². The Balaban J connectivity index is 1.94. The zero-order chi connectivity index (χ0) is 23.3. The number of ketones is 1. The molecule has 0 aliphatic heterocycles. The van der Waals surface area contributed by atoms with Crippen molar-refractivity contribution in [1.29, 1.82) is 0 Å². The van der Waals surface area contributed by atoms with E-state index in [1.165, 1.54) is 74.7 Å². The van der Waals surface area contributed by atoms with Crippen LogP contribution in [0, 0.1) is 5.82 Å². The van der Waals surface area contributed by atoms with Crippen LogP contribution in [0.4, 0.5) is 15.8 Å². The molecule has 1 amide bonds. The molecule has 0 unspecified atom stereocenters. The summed E-state index contributed by atoms with van der Waals surface area (Å²) in [5.41, 5.74) is 0.944. The highest BCUT2D eigenvalue weighted by Gasteiger charge is 2.27. The summed E-state index contributed by atoms with van der Waals surface area (Å²) in [4.78, 5) is 24.1. The van der Waals surface area contributed by atoms with Crippen LogP contribution in [0.25, 0.3) is 0 Å². The van der Waals surface area contributed by atoms with E-state index < -0.39 is 28.3 Å². The highest BCUT2D eigenvalue weighted by atomic mass is 32.2.